The number of halogens is 1. The van der Waals surface area contributed by atoms with E-state index in [0.29, 0.717) is 18.8 Å². The number of carboxylic acid groups (broad SMARTS) is 1. The number of aliphatic hydroxyl groups is 1. The molecule has 0 aromatic carbocycles. The van der Waals surface area contributed by atoms with Crippen LogP contribution in [0, 0.1) is 11.7 Å². The summed E-state index contributed by atoms with van der Waals surface area (Å²) in [6.07, 6.45) is 4.57. The Morgan fingerprint density at radius 2 is 2.40 bits per heavy atom. The summed E-state index contributed by atoms with van der Waals surface area (Å²) in [6, 6.07) is 1.11. The summed E-state index contributed by atoms with van der Waals surface area (Å²) in [5, 5.41) is 22.0. The molecule has 2 unspecified atom stereocenters. The Hall–Kier alpha value is -1.69. The molecule has 6 heteroatoms. The fraction of sp³-hybridized carbons (Fsp3) is 0.571. The van der Waals surface area contributed by atoms with Crippen molar-refractivity contribution in [3.63, 3.8) is 0 Å². The van der Waals surface area contributed by atoms with Gasteiger partial charge in [-0.05, 0) is 24.8 Å². The Bertz CT molecular complexity index is 509. The summed E-state index contributed by atoms with van der Waals surface area (Å²) in [6.45, 7) is 2.25. The number of aromatic carboxylic acids is 1. The third-order valence-electron chi connectivity index (χ3n) is 3.77. The molecule has 1 aliphatic carbocycles. The SMILES string of the molecule is CC1CCCC(O)(CNc2nccc(C(=O)O)c2F)C1. The summed E-state index contributed by atoms with van der Waals surface area (Å²) in [5.74, 6) is -1.93. The molecule has 1 aromatic heterocycles. The van der Waals surface area contributed by atoms with Gasteiger partial charge in [-0.2, -0.15) is 0 Å². The van der Waals surface area contributed by atoms with Gasteiger partial charge in [0.2, 0.25) is 0 Å². The monoisotopic (exact) mass is 282 g/mol. The number of carbonyl (C=O) groups is 1. The van der Waals surface area contributed by atoms with E-state index in [-0.39, 0.29) is 12.4 Å². The molecular weight excluding hydrogens is 263 g/mol. The smallest absolute Gasteiger partial charge is 0.338 e. The first-order valence-electron chi connectivity index (χ1n) is 6.75. The fourth-order valence-electron chi connectivity index (χ4n) is 2.77. The Balaban J connectivity index is 2.07. The van der Waals surface area contributed by atoms with E-state index in [1.54, 1.807) is 0 Å². The van der Waals surface area contributed by atoms with Crippen LogP contribution >= 0.6 is 0 Å². The van der Waals surface area contributed by atoms with Crippen LogP contribution in [-0.4, -0.2) is 33.3 Å². The Kier molecular flexibility index (Phi) is 4.23. The minimum atomic E-state index is -1.34. The highest BCUT2D eigenvalue weighted by Gasteiger charge is 2.32. The van der Waals surface area contributed by atoms with Gasteiger partial charge in [-0.15, -0.1) is 0 Å². The van der Waals surface area contributed by atoms with Gasteiger partial charge < -0.3 is 15.5 Å². The zero-order chi connectivity index (χ0) is 14.8. The van der Waals surface area contributed by atoms with Gasteiger partial charge in [0.25, 0.3) is 0 Å². The van der Waals surface area contributed by atoms with E-state index in [1.807, 2.05) is 0 Å². The molecule has 0 spiro atoms. The van der Waals surface area contributed by atoms with Gasteiger partial charge in [-0.1, -0.05) is 19.8 Å². The number of hydrogen-bond acceptors (Lipinski definition) is 4. The van der Waals surface area contributed by atoms with Crippen molar-refractivity contribution in [2.75, 3.05) is 11.9 Å². The second kappa shape index (κ2) is 5.75. The summed E-state index contributed by atoms with van der Waals surface area (Å²) < 4.78 is 13.9. The van der Waals surface area contributed by atoms with E-state index in [2.05, 4.69) is 17.2 Å². The summed E-state index contributed by atoms with van der Waals surface area (Å²) in [7, 11) is 0. The zero-order valence-electron chi connectivity index (χ0n) is 11.4. The lowest BCUT2D eigenvalue weighted by Crippen LogP contribution is -2.41. The van der Waals surface area contributed by atoms with Crippen molar-refractivity contribution in [2.45, 2.75) is 38.2 Å². The number of anilines is 1. The first-order valence-corrected chi connectivity index (χ1v) is 6.75. The highest BCUT2D eigenvalue weighted by atomic mass is 19.1. The average Bonchev–Trinajstić information content (AvgIpc) is 2.37. The lowest BCUT2D eigenvalue weighted by Gasteiger charge is -2.35. The summed E-state index contributed by atoms with van der Waals surface area (Å²) in [5.41, 5.74) is -1.31. The van der Waals surface area contributed by atoms with Crippen LogP contribution < -0.4 is 5.32 Å². The molecular formula is C14H19FN2O3. The highest BCUT2D eigenvalue weighted by molar-refractivity contribution is 5.88. The van der Waals surface area contributed by atoms with E-state index in [4.69, 9.17) is 5.11 Å². The quantitative estimate of drug-likeness (QED) is 0.789. The van der Waals surface area contributed by atoms with Gasteiger partial charge in [0.1, 0.15) is 5.56 Å². The van der Waals surface area contributed by atoms with Crippen LogP contribution in [-0.2, 0) is 0 Å². The van der Waals surface area contributed by atoms with Crippen molar-refractivity contribution in [1.29, 1.82) is 0 Å². The van der Waals surface area contributed by atoms with Crippen LogP contribution in [0.2, 0.25) is 0 Å². The van der Waals surface area contributed by atoms with Gasteiger partial charge in [0, 0.05) is 12.7 Å². The molecule has 1 saturated carbocycles. The van der Waals surface area contributed by atoms with E-state index in [9.17, 15) is 14.3 Å². The maximum Gasteiger partial charge on any atom is 0.338 e. The Morgan fingerprint density at radius 1 is 1.65 bits per heavy atom. The Morgan fingerprint density at radius 3 is 3.05 bits per heavy atom. The van der Waals surface area contributed by atoms with Gasteiger partial charge in [-0.3, -0.25) is 0 Å². The number of nitrogens with one attached hydrogen (secondary N) is 1. The minimum absolute atomic E-state index is 0.128. The van der Waals surface area contributed by atoms with Crippen LogP contribution in [0.3, 0.4) is 0 Å². The lowest BCUT2D eigenvalue weighted by molar-refractivity contribution is -0.000872. The van der Waals surface area contributed by atoms with Crippen LogP contribution in [0.4, 0.5) is 10.2 Å². The molecule has 1 aromatic rings. The molecule has 2 atom stereocenters. The number of carboxylic acids is 1. The first-order chi connectivity index (χ1) is 9.41. The molecule has 2 rings (SSSR count). The van der Waals surface area contributed by atoms with Crippen LogP contribution in [0.25, 0.3) is 0 Å². The maximum absolute atomic E-state index is 13.9. The standard InChI is InChI=1S/C14H19FN2O3/c1-9-3-2-5-14(20,7-9)8-17-12-11(15)10(13(18)19)4-6-16-12/h4,6,9,20H,2-3,5,7-8H2,1H3,(H,16,17)(H,18,19). The van der Waals surface area contributed by atoms with Crippen molar-refractivity contribution in [1.82, 2.24) is 4.98 Å². The topological polar surface area (TPSA) is 82.5 Å². The van der Waals surface area contributed by atoms with Crippen molar-refractivity contribution in [3.8, 4) is 0 Å². The number of nitrogens with zero attached hydrogens (tertiary/aromatic N) is 1. The van der Waals surface area contributed by atoms with Gasteiger partial charge in [0.05, 0.1) is 5.60 Å². The van der Waals surface area contributed by atoms with Gasteiger partial charge >= 0.3 is 5.97 Å². The fourth-order valence-corrected chi connectivity index (χ4v) is 2.77. The number of rotatable bonds is 4. The molecule has 0 bridgehead atoms. The van der Waals surface area contributed by atoms with E-state index < -0.39 is 23.0 Å². The Labute approximate surface area is 116 Å². The van der Waals surface area contributed by atoms with Crippen LogP contribution in [0.1, 0.15) is 43.0 Å². The predicted molar refractivity (Wildman–Crippen MR) is 72.2 cm³/mol. The van der Waals surface area contributed by atoms with Crippen molar-refractivity contribution in [3.05, 3.63) is 23.6 Å². The molecule has 1 aliphatic rings. The maximum atomic E-state index is 13.9. The highest BCUT2D eigenvalue weighted by Crippen LogP contribution is 2.32. The van der Waals surface area contributed by atoms with Gasteiger partial charge in [0.15, 0.2) is 11.6 Å². The lowest BCUT2D eigenvalue weighted by atomic mass is 9.79. The minimum Gasteiger partial charge on any atom is -0.478 e. The molecule has 0 radical (unpaired) electrons. The summed E-state index contributed by atoms with van der Waals surface area (Å²) >= 11 is 0. The third kappa shape index (κ3) is 3.25. The molecule has 1 heterocycles. The van der Waals surface area contributed by atoms with Gasteiger partial charge in [-0.25, -0.2) is 14.2 Å². The predicted octanol–water partition coefficient (Wildman–Crippen LogP) is 2.27. The second-order valence-corrected chi connectivity index (χ2v) is 5.61. The number of pyridine rings is 1. The average molecular weight is 282 g/mol. The van der Waals surface area contributed by atoms with Crippen molar-refractivity contribution >= 4 is 11.8 Å². The third-order valence-corrected chi connectivity index (χ3v) is 3.77. The number of hydrogen-bond donors (Lipinski definition) is 3. The van der Waals surface area contributed by atoms with E-state index >= 15 is 0 Å². The van der Waals surface area contributed by atoms with E-state index in [0.717, 1.165) is 18.9 Å². The van der Waals surface area contributed by atoms with Crippen LogP contribution in [0.5, 0.6) is 0 Å². The molecule has 1 fully saturated rings. The molecule has 0 amide bonds. The van der Waals surface area contributed by atoms with Crippen LogP contribution in [0.15, 0.2) is 12.3 Å². The molecule has 20 heavy (non-hydrogen) atoms. The van der Waals surface area contributed by atoms with Crippen molar-refractivity contribution < 1.29 is 19.4 Å². The molecule has 110 valence electrons. The normalized spacial score (nSPS) is 26.2. The second-order valence-electron chi connectivity index (χ2n) is 5.61. The molecule has 0 aliphatic heterocycles. The first kappa shape index (κ1) is 14.7. The van der Waals surface area contributed by atoms with Crippen molar-refractivity contribution in [2.24, 2.45) is 5.92 Å². The summed E-state index contributed by atoms with van der Waals surface area (Å²) in [4.78, 5) is 14.6. The molecule has 3 N–H and O–H groups in total. The largest absolute Gasteiger partial charge is 0.478 e. The number of aromatic nitrogens is 1. The zero-order valence-corrected chi connectivity index (χ0v) is 11.4. The molecule has 0 saturated heterocycles. The van der Waals surface area contributed by atoms with E-state index in [1.165, 1.54) is 6.20 Å². The molecule has 5 nitrogen and oxygen atoms in total.